The van der Waals surface area contributed by atoms with Crippen molar-refractivity contribution in [1.82, 2.24) is 5.32 Å². The number of carbonyl (C=O) groups excluding carboxylic acids is 2. The van der Waals surface area contributed by atoms with Gasteiger partial charge in [-0.05, 0) is 37.0 Å². The molecule has 0 aliphatic heterocycles. The predicted octanol–water partition coefficient (Wildman–Crippen LogP) is 1.64. The lowest BCUT2D eigenvalue weighted by Gasteiger charge is -2.09. The Balaban J connectivity index is 2.47. The molecule has 0 aliphatic rings. The summed E-state index contributed by atoms with van der Waals surface area (Å²) in [6.07, 6.45) is -0.0794. The van der Waals surface area contributed by atoms with Crippen molar-refractivity contribution in [3.63, 3.8) is 0 Å². The van der Waals surface area contributed by atoms with Gasteiger partial charge in [0.15, 0.2) is 0 Å². The Morgan fingerprint density at radius 3 is 2.20 bits per heavy atom. The van der Waals surface area contributed by atoms with Crippen molar-refractivity contribution >= 4 is 17.5 Å². The van der Waals surface area contributed by atoms with Crippen LogP contribution in [-0.4, -0.2) is 29.6 Å². The van der Waals surface area contributed by atoms with Crippen molar-refractivity contribution in [1.29, 1.82) is 0 Å². The van der Waals surface area contributed by atoms with Crippen molar-refractivity contribution in [2.24, 2.45) is 0 Å². The average Bonchev–Trinajstić information content (AvgIpc) is 2.38. The Morgan fingerprint density at radius 1 is 1.10 bits per heavy atom. The van der Waals surface area contributed by atoms with E-state index in [-0.39, 0.29) is 6.54 Å². The third kappa shape index (κ3) is 5.40. The Labute approximate surface area is 119 Å². The second-order valence-electron chi connectivity index (χ2n) is 5.12. The third-order valence-electron chi connectivity index (χ3n) is 2.89. The summed E-state index contributed by atoms with van der Waals surface area (Å²) < 4.78 is 0. The van der Waals surface area contributed by atoms with E-state index in [1.807, 2.05) is 12.1 Å². The van der Waals surface area contributed by atoms with Gasteiger partial charge in [-0.2, -0.15) is 0 Å². The predicted molar refractivity (Wildman–Crippen MR) is 78.5 cm³/mol. The number of aliphatic hydroxyl groups excluding tert-OH is 1. The monoisotopic (exact) mass is 278 g/mol. The number of carbonyl (C=O) groups is 2. The van der Waals surface area contributed by atoms with Crippen molar-refractivity contribution in [3.8, 4) is 0 Å². The molecule has 1 atom stereocenters. The number of benzene rings is 1. The van der Waals surface area contributed by atoms with Gasteiger partial charge in [0.25, 0.3) is 0 Å². The molecule has 0 radical (unpaired) electrons. The fourth-order valence-electron chi connectivity index (χ4n) is 1.61. The second kappa shape index (κ2) is 7.65. The summed E-state index contributed by atoms with van der Waals surface area (Å²) in [5.41, 5.74) is 1.76. The van der Waals surface area contributed by atoms with Crippen LogP contribution in [0, 0.1) is 0 Å². The maximum atomic E-state index is 11.6. The standard InChI is InChI=1S/C15H22N2O3/c1-10(2)12-4-6-13(7-5-12)17-15(20)14(19)16-9-8-11(3)18/h4-7,10-11,18H,8-9H2,1-3H3,(H,16,19)(H,17,20). The topological polar surface area (TPSA) is 78.4 Å². The van der Waals surface area contributed by atoms with Gasteiger partial charge in [-0.1, -0.05) is 26.0 Å². The van der Waals surface area contributed by atoms with E-state index in [4.69, 9.17) is 5.11 Å². The second-order valence-corrected chi connectivity index (χ2v) is 5.12. The third-order valence-corrected chi connectivity index (χ3v) is 2.89. The molecule has 20 heavy (non-hydrogen) atoms. The highest BCUT2D eigenvalue weighted by atomic mass is 16.3. The van der Waals surface area contributed by atoms with Crippen LogP contribution < -0.4 is 10.6 Å². The number of anilines is 1. The molecule has 3 N–H and O–H groups in total. The molecule has 0 saturated carbocycles. The first-order valence-electron chi connectivity index (χ1n) is 6.77. The highest BCUT2D eigenvalue weighted by molar-refractivity contribution is 6.39. The van der Waals surface area contributed by atoms with E-state index in [1.165, 1.54) is 5.56 Å². The van der Waals surface area contributed by atoms with Gasteiger partial charge in [-0.3, -0.25) is 9.59 Å². The first-order chi connectivity index (χ1) is 9.40. The van der Waals surface area contributed by atoms with Crippen molar-refractivity contribution in [3.05, 3.63) is 29.8 Å². The summed E-state index contributed by atoms with van der Waals surface area (Å²) in [5, 5.41) is 14.0. The zero-order valence-corrected chi connectivity index (χ0v) is 12.1. The number of hydrogen-bond acceptors (Lipinski definition) is 3. The minimum Gasteiger partial charge on any atom is -0.393 e. The van der Waals surface area contributed by atoms with Crippen LogP contribution in [0.3, 0.4) is 0 Å². The molecule has 0 saturated heterocycles. The van der Waals surface area contributed by atoms with Crippen LogP contribution in [0.1, 0.15) is 38.7 Å². The Morgan fingerprint density at radius 2 is 1.70 bits per heavy atom. The molecule has 2 amide bonds. The van der Waals surface area contributed by atoms with Crippen LogP contribution in [-0.2, 0) is 9.59 Å². The highest BCUT2D eigenvalue weighted by Gasteiger charge is 2.13. The Kier molecular flexibility index (Phi) is 6.18. The zero-order chi connectivity index (χ0) is 15.1. The highest BCUT2D eigenvalue weighted by Crippen LogP contribution is 2.16. The van der Waals surface area contributed by atoms with Gasteiger partial charge in [-0.15, -0.1) is 0 Å². The first kappa shape index (κ1) is 16.2. The van der Waals surface area contributed by atoms with Gasteiger partial charge < -0.3 is 15.7 Å². The molecule has 0 bridgehead atoms. The lowest BCUT2D eigenvalue weighted by Crippen LogP contribution is -2.36. The fourth-order valence-corrected chi connectivity index (χ4v) is 1.61. The number of nitrogens with one attached hydrogen (secondary N) is 2. The van der Waals surface area contributed by atoms with Gasteiger partial charge in [0.05, 0.1) is 6.10 Å². The van der Waals surface area contributed by atoms with Crippen LogP contribution in [0.2, 0.25) is 0 Å². The van der Waals surface area contributed by atoms with E-state index in [1.54, 1.807) is 19.1 Å². The van der Waals surface area contributed by atoms with Crippen LogP contribution in [0.4, 0.5) is 5.69 Å². The van der Waals surface area contributed by atoms with E-state index in [9.17, 15) is 9.59 Å². The lowest BCUT2D eigenvalue weighted by molar-refractivity contribution is -0.136. The molecule has 1 rings (SSSR count). The smallest absolute Gasteiger partial charge is 0.313 e. The quantitative estimate of drug-likeness (QED) is 0.716. The minimum atomic E-state index is -0.701. The van der Waals surface area contributed by atoms with Gasteiger partial charge in [-0.25, -0.2) is 0 Å². The van der Waals surface area contributed by atoms with E-state index in [2.05, 4.69) is 24.5 Å². The molecule has 1 aromatic carbocycles. The normalized spacial score (nSPS) is 12.1. The molecule has 1 unspecified atom stereocenters. The van der Waals surface area contributed by atoms with Crippen LogP contribution >= 0.6 is 0 Å². The molecule has 5 heteroatoms. The molecule has 0 aliphatic carbocycles. The lowest BCUT2D eigenvalue weighted by atomic mass is 10.0. The summed E-state index contributed by atoms with van der Waals surface area (Å²) in [6.45, 7) is 6.07. The molecule has 0 spiro atoms. The average molecular weight is 278 g/mol. The summed E-state index contributed by atoms with van der Waals surface area (Å²) >= 11 is 0. The van der Waals surface area contributed by atoms with E-state index < -0.39 is 17.9 Å². The number of hydrogen-bond donors (Lipinski definition) is 3. The van der Waals surface area contributed by atoms with Gasteiger partial charge in [0, 0.05) is 12.2 Å². The first-order valence-corrected chi connectivity index (χ1v) is 6.77. The molecule has 0 fully saturated rings. The van der Waals surface area contributed by atoms with Gasteiger partial charge >= 0.3 is 11.8 Å². The number of amides is 2. The fraction of sp³-hybridized carbons (Fsp3) is 0.467. The van der Waals surface area contributed by atoms with Gasteiger partial charge in [0.1, 0.15) is 0 Å². The number of rotatable bonds is 5. The maximum absolute atomic E-state index is 11.6. The van der Waals surface area contributed by atoms with Crippen LogP contribution in [0.25, 0.3) is 0 Å². The molecule has 0 heterocycles. The van der Waals surface area contributed by atoms with E-state index >= 15 is 0 Å². The summed E-state index contributed by atoms with van der Waals surface area (Å²) in [5.74, 6) is -0.977. The molecule has 0 aromatic heterocycles. The molecular weight excluding hydrogens is 256 g/mol. The van der Waals surface area contributed by atoms with E-state index in [0.29, 0.717) is 18.0 Å². The largest absolute Gasteiger partial charge is 0.393 e. The number of aliphatic hydroxyl groups is 1. The molecule has 110 valence electrons. The Bertz CT molecular complexity index is 453. The summed E-state index contributed by atoms with van der Waals surface area (Å²) in [7, 11) is 0. The van der Waals surface area contributed by atoms with E-state index in [0.717, 1.165) is 0 Å². The molecule has 1 aromatic rings. The SMILES string of the molecule is CC(O)CCNC(=O)C(=O)Nc1ccc(C(C)C)cc1. The maximum Gasteiger partial charge on any atom is 0.313 e. The molecular formula is C15H22N2O3. The molecule has 5 nitrogen and oxygen atoms in total. The summed E-state index contributed by atoms with van der Waals surface area (Å²) in [4.78, 5) is 23.1. The summed E-state index contributed by atoms with van der Waals surface area (Å²) in [6, 6.07) is 7.39. The van der Waals surface area contributed by atoms with Crippen molar-refractivity contribution in [2.45, 2.75) is 39.2 Å². The van der Waals surface area contributed by atoms with Crippen molar-refractivity contribution < 1.29 is 14.7 Å². The zero-order valence-electron chi connectivity index (χ0n) is 12.1. The van der Waals surface area contributed by atoms with Crippen LogP contribution in [0.5, 0.6) is 0 Å². The van der Waals surface area contributed by atoms with Gasteiger partial charge in [0.2, 0.25) is 0 Å². The Hall–Kier alpha value is -1.88. The minimum absolute atomic E-state index is 0.274. The van der Waals surface area contributed by atoms with Crippen LogP contribution in [0.15, 0.2) is 24.3 Å². The van der Waals surface area contributed by atoms with Crippen molar-refractivity contribution in [2.75, 3.05) is 11.9 Å².